The van der Waals surface area contributed by atoms with Gasteiger partial charge in [-0.2, -0.15) is 9.57 Å². The Bertz CT molecular complexity index is 588. The number of aliphatic hydroxyl groups excluding tert-OH is 1. The van der Waals surface area contributed by atoms with Gasteiger partial charge in [0.1, 0.15) is 0 Å². The highest BCUT2D eigenvalue weighted by molar-refractivity contribution is 7.88. The first-order chi connectivity index (χ1) is 9.08. The third-order valence-corrected chi connectivity index (χ3v) is 4.98. The second kappa shape index (κ2) is 5.70. The molecule has 102 valence electrons. The lowest BCUT2D eigenvalue weighted by Crippen LogP contribution is -2.36. The molecule has 19 heavy (non-hydrogen) atoms. The molecule has 0 atom stereocenters. The number of rotatable bonds is 6. The number of nitrogens with zero attached hydrogens (tertiary/aromatic N) is 2. The SMILES string of the molecule is N#Cc1ccccc1CS(=O)(=O)N(CCO)C1CC1. The smallest absolute Gasteiger partial charge is 0.218 e. The first kappa shape index (κ1) is 14.0. The molecular formula is C13H16N2O3S. The van der Waals surface area contributed by atoms with Crippen LogP contribution in [0.15, 0.2) is 24.3 Å². The minimum absolute atomic E-state index is 0.0198. The second-order valence-electron chi connectivity index (χ2n) is 4.59. The van der Waals surface area contributed by atoms with Crippen LogP contribution in [0, 0.1) is 11.3 Å². The van der Waals surface area contributed by atoms with Gasteiger partial charge in [0.05, 0.1) is 24.0 Å². The van der Waals surface area contributed by atoms with Crippen molar-refractivity contribution in [2.75, 3.05) is 13.2 Å². The summed E-state index contributed by atoms with van der Waals surface area (Å²) >= 11 is 0. The van der Waals surface area contributed by atoms with E-state index >= 15 is 0 Å². The lowest BCUT2D eigenvalue weighted by atomic mass is 10.1. The van der Waals surface area contributed by atoms with Crippen LogP contribution in [-0.4, -0.2) is 37.0 Å². The highest BCUT2D eigenvalue weighted by Gasteiger charge is 2.36. The zero-order valence-electron chi connectivity index (χ0n) is 10.5. The predicted octanol–water partition coefficient (Wildman–Crippen LogP) is 0.845. The highest BCUT2D eigenvalue weighted by Crippen LogP contribution is 2.30. The lowest BCUT2D eigenvalue weighted by molar-refractivity contribution is 0.250. The van der Waals surface area contributed by atoms with Crippen LogP contribution in [0.2, 0.25) is 0 Å². The molecule has 1 N–H and O–H groups in total. The van der Waals surface area contributed by atoms with Crippen molar-refractivity contribution in [2.24, 2.45) is 0 Å². The molecular weight excluding hydrogens is 264 g/mol. The van der Waals surface area contributed by atoms with E-state index in [2.05, 4.69) is 0 Å². The fraction of sp³-hybridized carbons (Fsp3) is 0.462. The van der Waals surface area contributed by atoms with E-state index < -0.39 is 10.0 Å². The van der Waals surface area contributed by atoms with Crippen molar-refractivity contribution in [3.63, 3.8) is 0 Å². The van der Waals surface area contributed by atoms with Gasteiger partial charge in [0.25, 0.3) is 0 Å². The van der Waals surface area contributed by atoms with Crippen LogP contribution in [-0.2, 0) is 15.8 Å². The normalized spacial score (nSPS) is 15.4. The minimum atomic E-state index is -3.48. The van der Waals surface area contributed by atoms with Crippen molar-refractivity contribution in [2.45, 2.75) is 24.6 Å². The zero-order chi connectivity index (χ0) is 13.9. The fourth-order valence-corrected chi connectivity index (χ4v) is 3.88. The number of nitriles is 1. The summed E-state index contributed by atoms with van der Waals surface area (Å²) in [5.41, 5.74) is 0.888. The van der Waals surface area contributed by atoms with Gasteiger partial charge in [-0.1, -0.05) is 18.2 Å². The number of aliphatic hydroxyl groups is 1. The molecule has 0 amide bonds. The summed E-state index contributed by atoms with van der Waals surface area (Å²) in [6.07, 6.45) is 1.69. The van der Waals surface area contributed by atoms with Crippen molar-refractivity contribution in [3.8, 4) is 6.07 Å². The molecule has 2 rings (SSSR count). The summed E-state index contributed by atoms with van der Waals surface area (Å²) in [5.74, 6) is -0.187. The minimum Gasteiger partial charge on any atom is -0.395 e. The molecule has 0 spiro atoms. The summed E-state index contributed by atoms with van der Waals surface area (Å²) in [5, 5.41) is 18.0. The van der Waals surface area contributed by atoms with Gasteiger partial charge in [0.15, 0.2) is 0 Å². The van der Waals surface area contributed by atoms with E-state index in [0.29, 0.717) is 11.1 Å². The van der Waals surface area contributed by atoms with E-state index in [0.717, 1.165) is 12.8 Å². The van der Waals surface area contributed by atoms with Gasteiger partial charge in [-0.05, 0) is 24.5 Å². The Kier molecular flexibility index (Phi) is 4.20. The Morgan fingerprint density at radius 1 is 1.37 bits per heavy atom. The van der Waals surface area contributed by atoms with Gasteiger partial charge in [-0.15, -0.1) is 0 Å². The number of sulfonamides is 1. The van der Waals surface area contributed by atoms with Crippen LogP contribution < -0.4 is 0 Å². The van der Waals surface area contributed by atoms with Gasteiger partial charge in [-0.3, -0.25) is 0 Å². The van der Waals surface area contributed by atoms with Gasteiger partial charge in [-0.25, -0.2) is 8.42 Å². The number of hydrogen-bond acceptors (Lipinski definition) is 4. The first-order valence-corrected chi connectivity index (χ1v) is 7.78. The third kappa shape index (κ3) is 3.32. The topological polar surface area (TPSA) is 81.4 Å². The Hall–Kier alpha value is -1.42. The quantitative estimate of drug-likeness (QED) is 0.837. The van der Waals surface area contributed by atoms with Crippen LogP contribution in [0.5, 0.6) is 0 Å². The van der Waals surface area contributed by atoms with E-state index in [1.807, 2.05) is 6.07 Å². The van der Waals surface area contributed by atoms with Crippen molar-refractivity contribution in [1.82, 2.24) is 4.31 Å². The van der Waals surface area contributed by atoms with Gasteiger partial charge < -0.3 is 5.11 Å². The molecule has 0 radical (unpaired) electrons. The molecule has 0 bridgehead atoms. The molecule has 0 aromatic heterocycles. The van der Waals surface area contributed by atoms with Gasteiger partial charge in [0.2, 0.25) is 10.0 Å². The lowest BCUT2D eigenvalue weighted by Gasteiger charge is -2.21. The molecule has 5 nitrogen and oxygen atoms in total. The maximum absolute atomic E-state index is 12.3. The maximum atomic E-state index is 12.3. The Morgan fingerprint density at radius 2 is 2.05 bits per heavy atom. The van der Waals surface area contributed by atoms with Crippen molar-refractivity contribution in [1.29, 1.82) is 5.26 Å². The van der Waals surface area contributed by atoms with Crippen LogP contribution in [0.25, 0.3) is 0 Å². The van der Waals surface area contributed by atoms with Crippen LogP contribution in [0.1, 0.15) is 24.0 Å². The molecule has 1 aliphatic carbocycles. The number of hydrogen-bond donors (Lipinski definition) is 1. The van der Waals surface area contributed by atoms with Crippen molar-refractivity contribution < 1.29 is 13.5 Å². The zero-order valence-corrected chi connectivity index (χ0v) is 11.3. The molecule has 1 aromatic rings. The predicted molar refractivity (Wildman–Crippen MR) is 70.6 cm³/mol. The number of benzene rings is 1. The molecule has 0 heterocycles. The molecule has 1 fully saturated rings. The summed E-state index contributed by atoms with van der Waals surface area (Å²) in [7, 11) is -3.48. The highest BCUT2D eigenvalue weighted by atomic mass is 32.2. The molecule has 1 aliphatic rings. The third-order valence-electron chi connectivity index (χ3n) is 3.11. The monoisotopic (exact) mass is 280 g/mol. The maximum Gasteiger partial charge on any atom is 0.218 e. The Morgan fingerprint density at radius 3 is 2.63 bits per heavy atom. The summed E-state index contributed by atoms with van der Waals surface area (Å²) in [4.78, 5) is 0. The van der Waals surface area contributed by atoms with Crippen molar-refractivity contribution >= 4 is 10.0 Å². The summed E-state index contributed by atoms with van der Waals surface area (Å²) < 4.78 is 26.1. The largest absolute Gasteiger partial charge is 0.395 e. The van der Waals surface area contributed by atoms with E-state index in [1.54, 1.807) is 24.3 Å². The van der Waals surface area contributed by atoms with Gasteiger partial charge in [0, 0.05) is 12.6 Å². The van der Waals surface area contributed by atoms with Crippen molar-refractivity contribution in [3.05, 3.63) is 35.4 Å². The summed E-state index contributed by atoms with van der Waals surface area (Å²) in [6, 6.07) is 8.71. The molecule has 1 saturated carbocycles. The molecule has 0 unspecified atom stereocenters. The van der Waals surface area contributed by atoms with E-state index in [9.17, 15) is 8.42 Å². The van der Waals surface area contributed by atoms with Crippen LogP contribution >= 0.6 is 0 Å². The fourth-order valence-electron chi connectivity index (χ4n) is 2.04. The Balaban J connectivity index is 2.22. The summed E-state index contributed by atoms with van der Waals surface area (Å²) in [6.45, 7) is -0.0582. The van der Waals surface area contributed by atoms with Crippen LogP contribution in [0.4, 0.5) is 0 Å². The Labute approximate surface area is 113 Å². The van der Waals surface area contributed by atoms with Crippen LogP contribution in [0.3, 0.4) is 0 Å². The first-order valence-electron chi connectivity index (χ1n) is 6.17. The van der Waals surface area contributed by atoms with E-state index in [-0.39, 0.29) is 24.9 Å². The molecule has 1 aromatic carbocycles. The van der Waals surface area contributed by atoms with E-state index in [4.69, 9.17) is 10.4 Å². The molecule has 6 heteroatoms. The van der Waals surface area contributed by atoms with E-state index in [1.165, 1.54) is 4.31 Å². The van der Waals surface area contributed by atoms with Gasteiger partial charge >= 0.3 is 0 Å². The molecule has 0 aliphatic heterocycles. The standard InChI is InChI=1S/C13H16N2O3S/c14-9-11-3-1-2-4-12(11)10-19(17,18)15(7-8-16)13-5-6-13/h1-4,13,16H,5-8,10H2. The molecule has 0 saturated heterocycles. The second-order valence-corrected chi connectivity index (χ2v) is 6.51. The average molecular weight is 280 g/mol. The average Bonchev–Trinajstić information content (AvgIpc) is 3.20.